The molecule has 0 aromatic heterocycles. The lowest BCUT2D eigenvalue weighted by atomic mass is 9.86. The Bertz CT molecular complexity index is 1420. The Morgan fingerprint density at radius 2 is 0.750 bits per heavy atom. The van der Waals surface area contributed by atoms with E-state index in [1.807, 2.05) is 0 Å². The van der Waals surface area contributed by atoms with Gasteiger partial charge in [0.25, 0.3) is 0 Å². The molecule has 5 unspecified atom stereocenters. The number of rotatable bonds is 12. The van der Waals surface area contributed by atoms with Gasteiger partial charge in [0.15, 0.2) is 0 Å². The van der Waals surface area contributed by atoms with Crippen LogP contribution in [0.2, 0.25) is 0 Å². The van der Waals surface area contributed by atoms with E-state index in [-0.39, 0.29) is 0 Å². The number of piperidine rings is 3. The molecule has 0 amide bonds. The van der Waals surface area contributed by atoms with Crippen LogP contribution in [0.25, 0.3) is 0 Å². The van der Waals surface area contributed by atoms with Crippen LogP contribution in [-0.2, 0) is 0 Å². The van der Waals surface area contributed by atoms with Gasteiger partial charge in [-0.1, -0.05) is 115 Å². The smallest absolute Gasteiger partial charge is 0.0114 e. The van der Waals surface area contributed by atoms with Crippen molar-refractivity contribution < 1.29 is 0 Å². The van der Waals surface area contributed by atoms with Crippen molar-refractivity contribution in [3.05, 3.63) is 23.3 Å². The Morgan fingerprint density at radius 3 is 1.14 bits per heavy atom. The van der Waals surface area contributed by atoms with E-state index in [9.17, 15) is 0 Å². The molecule has 5 aliphatic heterocycles. The van der Waals surface area contributed by atoms with Gasteiger partial charge < -0.3 is 19.6 Å². The van der Waals surface area contributed by atoms with Crippen molar-refractivity contribution in [3.8, 4) is 0 Å². The van der Waals surface area contributed by atoms with Gasteiger partial charge in [0.05, 0.1) is 0 Å². The van der Waals surface area contributed by atoms with Crippen molar-refractivity contribution in [3.63, 3.8) is 0 Å². The molecule has 5 heterocycles. The van der Waals surface area contributed by atoms with Crippen LogP contribution in [0.5, 0.6) is 0 Å². The van der Waals surface area contributed by atoms with Crippen LogP contribution in [0.3, 0.4) is 0 Å². The molecular weight excluding hydrogens is 875 g/mol. The fourth-order valence-electron chi connectivity index (χ4n) is 13.6. The molecule has 2 saturated carbocycles. The van der Waals surface area contributed by atoms with Crippen molar-refractivity contribution in [2.45, 2.75) is 248 Å². The van der Waals surface area contributed by atoms with Crippen molar-refractivity contribution >= 4 is 0 Å². The molecule has 7 fully saturated rings. The van der Waals surface area contributed by atoms with E-state index in [1.54, 1.807) is 24.0 Å². The minimum Gasteiger partial charge on any atom is -0.301 e. The first-order valence-electron chi connectivity index (χ1n) is 31.8. The lowest BCUT2D eigenvalue weighted by molar-refractivity contribution is 0.0408. The monoisotopic (exact) mass is 1010 g/mol. The number of hydrogen-bond donors (Lipinski definition) is 0. The van der Waals surface area contributed by atoms with Crippen LogP contribution in [0.15, 0.2) is 23.3 Å². The van der Waals surface area contributed by atoms with Crippen LogP contribution in [0, 0.1) is 94.7 Å². The highest BCUT2D eigenvalue weighted by Crippen LogP contribution is 2.63. The maximum atomic E-state index is 2.62. The highest BCUT2D eigenvalue weighted by atomic mass is 15.2. The lowest BCUT2D eigenvalue weighted by Gasteiger charge is -2.44. The molecule has 0 aromatic carbocycles. The predicted molar refractivity (Wildman–Crippen MR) is 322 cm³/mol. The first kappa shape index (κ1) is 65.6. The molecule has 8 aliphatic rings. The largest absolute Gasteiger partial charge is 0.301 e. The van der Waals surface area contributed by atoms with E-state index in [0.717, 1.165) is 113 Å². The molecule has 0 N–H and O–H groups in total. The molecule has 72 heavy (non-hydrogen) atoms. The van der Waals surface area contributed by atoms with Gasteiger partial charge in [0.1, 0.15) is 0 Å². The Balaban J connectivity index is 0.000000229. The summed E-state index contributed by atoms with van der Waals surface area (Å²) in [5, 5.41) is 0. The number of hydrogen-bond acceptors (Lipinski definition) is 5. The zero-order valence-corrected chi connectivity index (χ0v) is 53.2. The van der Waals surface area contributed by atoms with E-state index in [0.29, 0.717) is 12.0 Å². The first-order chi connectivity index (χ1) is 33.6. The third kappa shape index (κ3) is 20.9. The summed E-state index contributed by atoms with van der Waals surface area (Å²) in [6, 6.07) is 3.70. The summed E-state index contributed by atoms with van der Waals surface area (Å²) in [4.78, 5) is 12.9. The van der Waals surface area contributed by atoms with Crippen LogP contribution in [0.4, 0.5) is 0 Å². The fourth-order valence-corrected chi connectivity index (χ4v) is 13.6. The van der Waals surface area contributed by atoms with E-state index in [1.165, 1.54) is 104 Å². The average molecular weight is 1010 g/mol. The molecule has 5 heteroatoms. The zero-order chi connectivity index (χ0) is 54.3. The minimum absolute atomic E-state index is 0.697. The van der Waals surface area contributed by atoms with Crippen molar-refractivity contribution in [2.75, 3.05) is 65.4 Å². The number of nitrogens with zero attached hydrogens (tertiary/aromatic N) is 5. The molecule has 0 aromatic rings. The maximum absolute atomic E-state index is 2.62. The van der Waals surface area contributed by atoms with Crippen molar-refractivity contribution in [1.29, 1.82) is 0 Å². The molecule has 5 nitrogen and oxygen atoms in total. The topological polar surface area (TPSA) is 16.2 Å². The van der Waals surface area contributed by atoms with Gasteiger partial charge >= 0.3 is 0 Å². The van der Waals surface area contributed by atoms with Gasteiger partial charge in [-0.15, -0.1) is 0 Å². The molecule has 5 saturated heterocycles. The van der Waals surface area contributed by atoms with Crippen LogP contribution < -0.4 is 0 Å². The average Bonchev–Trinajstić information content (AvgIpc) is 3.73. The van der Waals surface area contributed by atoms with E-state index < -0.39 is 0 Å². The second-order valence-electron chi connectivity index (χ2n) is 28.9. The Kier molecular flexibility index (Phi) is 28.8. The van der Waals surface area contributed by atoms with E-state index in [2.05, 4.69) is 203 Å². The third-order valence-corrected chi connectivity index (χ3v) is 20.0. The van der Waals surface area contributed by atoms with Gasteiger partial charge in [0, 0.05) is 75.4 Å². The molecule has 424 valence electrons. The minimum atomic E-state index is 0.697. The van der Waals surface area contributed by atoms with E-state index in [4.69, 9.17) is 0 Å². The highest BCUT2D eigenvalue weighted by Gasteiger charge is 2.56. The van der Waals surface area contributed by atoms with Gasteiger partial charge in [-0.3, -0.25) is 4.90 Å². The maximum Gasteiger partial charge on any atom is 0.0114 e. The number of allylic oxidation sites excluding steroid dienone is 2. The van der Waals surface area contributed by atoms with Gasteiger partial charge in [-0.05, 0) is 241 Å². The lowest BCUT2D eigenvalue weighted by Crippen LogP contribution is -2.51. The molecule has 0 radical (unpaired) electrons. The molecule has 3 aliphatic carbocycles. The normalized spacial score (nSPS) is 28.7. The first-order valence-corrected chi connectivity index (χ1v) is 31.8. The second kappa shape index (κ2) is 31.6. The summed E-state index contributed by atoms with van der Waals surface area (Å²) in [5.41, 5.74) is 3.34. The molecule has 5 atom stereocenters. The summed E-state index contributed by atoms with van der Waals surface area (Å²) < 4.78 is 0. The summed E-state index contributed by atoms with van der Waals surface area (Å²) in [6.07, 6.45) is 16.2. The van der Waals surface area contributed by atoms with E-state index >= 15 is 0 Å². The van der Waals surface area contributed by atoms with Crippen LogP contribution in [0.1, 0.15) is 218 Å². The summed E-state index contributed by atoms with van der Waals surface area (Å²) in [7, 11) is 0. The summed E-state index contributed by atoms with van der Waals surface area (Å²) in [6.45, 7) is 69.0. The third-order valence-electron chi connectivity index (χ3n) is 20.0. The predicted octanol–water partition coefficient (Wildman–Crippen LogP) is 16.7. The number of likely N-dealkylation sites (tertiary alicyclic amines) is 5. The Morgan fingerprint density at radius 1 is 0.361 bits per heavy atom. The van der Waals surface area contributed by atoms with Crippen molar-refractivity contribution in [1.82, 2.24) is 24.5 Å². The Hall–Kier alpha value is -0.720. The molecule has 0 spiro atoms. The van der Waals surface area contributed by atoms with Crippen LogP contribution >= 0.6 is 0 Å². The standard InChI is InChI=1S/C14H23N.C12H22.2C11H23N.C10H21N.C9H19N/c1-10(2)13-6-5-12-9-15(11(3)4)8-7-14(12)13;1-7(2)9-5-10-11(6-9)12(10)8(3)4;1-9(2)11-5-7-12(8-6-11)10(3)4;1-9(2)11-6-5-7-12(8-11)10(3)4;1-8(2)10-5-6-11(7-10)9(3)4;1-7(2)9-5-10(6-9)8(3)4/h5-6,10-12H,7-9H2,1-4H3;7-12H,5-6H2,1-4H3;2*9-11H,5-8H2,1-4H3;8-10H,5-7H2,1-4H3;7-9H,5-6H2,1-4H3. The fraction of sp³-hybridized carbons (Fsp3) is 0.940. The molecule has 0 bridgehead atoms. The van der Waals surface area contributed by atoms with Crippen LogP contribution in [-0.4, -0.2) is 120 Å². The van der Waals surface area contributed by atoms with Gasteiger partial charge in [-0.25, -0.2) is 0 Å². The molecule has 8 rings (SSSR count). The quantitative estimate of drug-likeness (QED) is 0.193. The highest BCUT2D eigenvalue weighted by molar-refractivity contribution is 5.39. The molecular formula is C67H131N5. The van der Waals surface area contributed by atoms with Gasteiger partial charge in [-0.2, -0.15) is 0 Å². The number of fused-ring (bicyclic) bond motifs is 2. The SMILES string of the molecule is CC(C)C1=C2CCN(C(C)C)CC2C=C1.CC(C)C1CC2C(C1)C2C(C)C.CC(C)C1CCCN(C(C)C)C1.CC(C)C1CCN(C(C)C)C1.CC(C)C1CCN(C(C)C)CC1.CC(C)C1CN(C(C)C)C1. The summed E-state index contributed by atoms with van der Waals surface area (Å²) >= 11 is 0. The zero-order valence-electron chi connectivity index (χ0n) is 53.2. The summed E-state index contributed by atoms with van der Waals surface area (Å²) in [5.74, 6) is 15.1. The second-order valence-corrected chi connectivity index (χ2v) is 28.9. The van der Waals surface area contributed by atoms with Crippen molar-refractivity contribution in [2.24, 2.45) is 94.7 Å². The van der Waals surface area contributed by atoms with Gasteiger partial charge in [0.2, 0.25) is 0 Å². The Labute approximate surface area is 453 Å².